The third kappa shape index (κ3) is 4.80. The SMILES string of the molecule is COc1ccc(CCn2nc(C(=O)NC3CC3)c3c2CCN(Cc2cn(C)nc2C)C3)cc1. The Labute approximate surface area is 194 Å². The largest absolute Gasteiger partial charge is 0.497 e. The molecule has 0 atom stereocenters. The molecule has 0 radical (unpaired) electrons. The molecule has 1 aromatic carbocycles. The van der Waals surface area contributed by atoms with Crippen molar-refractivity contribution >= 4 is 5.91 Å². The maximum Gasteiger partial charge on any atom is 0.272 e. The van der Waals surface area contributed by atoms with Gasteiger partial charge in [0.2, 0.25) is 0 Å². The first kappa shape index (κ1) is 21.7. The van der Waals surface area contributed by atoms with Crippen LogP contribution in [0, 0.1) is 6.92 Å². The summed E-state index contributed by atoms with van der Waals surface area (Å²) in [6.07, 6.45) is 5.97. The fourth-order valence-electron chi connectivity index (χ4n) is 4.60. The molecule has 8 heteroatoms. The number of hydrogen-bond donors (Lipinski definition) is 1. The Kier molecular flexibility index (Phi) is 5.93. The maximum atomic E-state index is 13.0. The van der Waals surface area contributed by atoms with Gasteiger partial charge in [-0.15, -0.1) is 0 Å². The van der Waals surface area contributed by atoms with Crippen LogP contribution < -0.4 is 10.1 Å². The Bertz CT molecular complexity index is 1140. The Morgan fingerprint density at radius 3 is 2.67 bits per heavy atom. The monoisotopic (exact) mass is 448 g/mol. The highest BCUT2D eigenvalue weighted by atomic mass is 16.5. The zero-order valence-corrected chi connectivity index (χ0v) is 19.7. The number of carbonyl (C=O) groups is 1. The zero-order valence-electron chi connectivity index (χ0n) is 19.7. The van der Waals surface area contributed by atoms with Crippen molar-refractivity contribution in [2.24, 2.45) is 7.05 Å². The predicted molar refractivity (Wildman–Crippen MR) is 125 cm³/mol. The van der Waals surface area contributed by atoms with E-state index < -0.39 is 0 Å². The van der Waals surface area contributed by atoms with E-state index in [-0.39, 0.29) is 5.91 Å². The van der Waals surface area contributed by atoms with Crippen LogP contribution in [0.25, 0.3) is 0 Å². The summed E-state index contributed by atoms with van der Waals surface area (Å²) in [6, 6.07) is 8.47. The van der Waals surface area contributed by atoms with Crippen LogP contribution in [0.4, 0.5) is 0 Å². The molecule has 33 heavy (non-hydrogen) atoms. The standard InChI is InChI=1S/C25H32N6O2/c1-17-19(14-29(2)27-17)15-30-12-11-23-22(16-30)24(25(32)26-20-6-7-20)28-31(23)13-10-18-4-8-21(33-3)9-5-18/h4-5,8-9,14,20H,6-7,10-13,15-16H2,1-3H3,(H,26,32). The minimum absolute atomic E-state index is 0.0312. The fourth-order valence-corrected chi connectivity index (χ4v) is 4.60. The van der Waals surface area contributed by atoms with E-state index in [0.29, 0.717) is 11.7 Å². The molecule has 1 N–H and O–H groups in total. The summed E-state index contributed by atoms with van der Waals surface area (Å²) >= 11 is 0. The molecule has 8 nitrogen and oxygen atoms in total. The molecule has 0 bridgehead atoms. The van der Waals surface area contributed by atoms with Gasteiger partial charge in [0.05, 0.1) is 12.8 Å². The number of ether oxygens (including phenoxy) is 1. The van der Waals surface area contributed by atoms with Crippen LogP contribution >= 0.6 is 0 Å². The van der Waals surface area contributed by atoms with E-state index in [1.165, 1.54) is 16.8 Å². The molecule has 174 valence electrons. The molecule has 0 unspecified atom stereocenters. The first-order valence-electron chi connectivity index (χ1n) is 11.7. The first-order chi connectivity index (χ1) is 16.0. The van der Waals surface area contributed by atoms with Gasteiger partial charge in [-0.3, -0.25) is 19.1 Å². The minimum Gasteiger partial charge on any atom is -0.497 e. The normalized spacial score (nSPS) is 16.0. The third-order valence-corrected chi connectivity index (χ3v) is 6.62. The average Bonchev–Trinajstić information content (AvgIpc) is 3.47. The van der Waals surface area contributed by atoms with Crippen molar-refractivity contribution in [3.8, 4) is 5.75 Å². The second-order valence-electron chi connectivity index (χ2n) is 9.22. The third-order valence-electron chi connectivity index (χ3n) is 6.62. The van der Waals surface area contributed by atoms with E-state index in [9.17, 15) is 4.79 Å². The Hall–Kier alpha value is -3.13. The van der Waals surface area contributed by atoms with E-state index >= 15 is 0 Å². The van der Waals surface area contributed by atoms with Crippen LogP contribution in [0.15, 0.2) is 30.5 Å². The molecule has 2 aromatic heterocycles. The van der Waals surface area contributed by atoms with Crippen LogP contribution in [0.3, 0.4) is 0 Å². The van der Waals surface area contributed by atoms with Gasteiger partial charge in [0, 0.05) is 68.7 Å². The van der Waals surface area contributed by atoms with E-state index in [1.807, 2.05) is 23.9 Å². The molecule has 1 fully saturated rings. The van der Waals surface area contributed by atoms with Crippen LogP contribution in [0.5, 0.6) is 5.75 Å². The van der Waals surface area contributed by atoms with Gasteiger partial charge < -0.3 is 10.1 Å². The summed E-state index contributed by atoms with van der Waals surface area (Å²) < 4.78 is 9.19. The van der Waals surface area contributed by atoms with Crippen LogP contribution in [0.2, 0.25) is 0 Å². The molecule has 2 aliphatic rings. The summed E-state index contributed by atoms with van der Waals surface area (Å²) in [6.45, 7) is 5.32. The van der Waals surface area contributed by atoms with Crippen molar-refractivity contribution in [2.75, 3.05) is 13.7 Å². The Morgan fingerprint density at radius 2 is 2.00 bits per heavy atom. The summed E-state index contributed by atoms with van der Waals surface area (Å²) in [5.74, 6) is 0.828. The molecule has 1 saturated carbocycles. The van der Waals surface area contributed by atoms with Gasteiger partial charge in [-0.2, -0.15) is 10.2 Å². The second kappa shape index (κ2) is 9.02. The quantitative estimate of drug-likeness (QED) is 0.573. The van der Waals surface area contributed by atoms with Crippen molar-refractivity contribution in [3.63, 3.8) is 0 Å². The number of nitrogens with one attached hydrogen (secondary N) is 1. The number of carbonyl (C=O) groups excluding carboxylic acids is 1. The second-order valence-corrected chi connectivity index (χ2v) is 9.22. The average molecular weight is 449 g/mol. The van der Waals surface area contributed by atoms with Crippen molar-refractivity contribution in [3.05, 3.63) is 64.2 Å². The molecule has 1 amide bonds. The molecular formula is C25H32N6O2. The highest BCUT2D eigenvalue weighted by Gasteiger charge is 2.31. The van der Waals surface area contributed by atoms with Gasteiger partial charge >= 0.3 is 0 Å². The van der Waals surface area contributed by atoms with E-state index in [1.54, 1.807) is 7.11 Å². The fraction of sp³-hybridized carbons (Fsp3) is 0.480. The van der Waals surface area contributed by atoms with Gasteiger partial charge in [-0.05, 0) is 43.9 Å². The molecule has 1 aliphatic heterocycles. The molecule has 3 aromatic rings. The number of fused-ring (bicyclic) bond motifs is 1. The van der Waals surface area contributed by atoms with Gasteiger partial charge in [-0.25, -0.2) is 0 Å². The Balaban J connectivity index is 1.36. The summed E-state index contributed by atoms with van der Waals surface area (Å²) in [4.78, 5) is 15.4. The number of nitrogens with zero attached hydrogens (tertiary/aromatic N) is 5. The molecule has 0 spiro atoms. The smallest absolute Gasteiger partial charge is 0.272 e. The summed E-state index contributed by atoms with van der Waals surface area (Å²) in [5, 5.41) is 12.4. The lowest BCUT2D eigenvalue weighted by atomic mass is 10.0. The van der Waals surface area contributed by atoms with E-state index in [0.717, 1.165) is 68.9 Å². The van der Waals surface area contributed by atoms with Crippen molar-refractivity contribution in [2.45, 2.75) is 58.3 Å². The van der Waals surface area contributed by atoms with Crippen LogP contribution in [-0.2, 0) is 39.5 Å². The van der Waals surface area contributed by atoms with Crippen LogP contribution in [0.1, 0.15) is 51.4 Å². The minimum atomic E-state index is -0.0312. The van der Waals surface area contributed by atoms with Crippen molar-refractivity contribution in [1.82, 2.24) is 29.8 Å². The Morgan fingerprint density at radius 1 is 1.21 bits per heavy atom. The van der Waals surface area contributed by atoms with Crippen molar-refractivity contribution in [1.29, 1.82) is 0 Å². The van der Waals surface area contributed by atoms with Gasteiger partial charge in [0.15, 0.2) is 5.69 Å². The molecule has 5 rings (SSSR count). The number of aromatic nitrogens is 4. The lowest BCUT2D eigenvalue weighted by Gasteiger charge is -2.27. The van der Waals surface area contributed by atoms with E-state index in [4.69, 9.17) is 9.84 Å². The van der Waals surface area contributed by atoms with Crippen LogP contribution in [-0.4, -0.2) is 50.1 Å². The summed E-state index contributed by atoms with van der Waals surface area (Å²) in [7, 11) is 3.64. The molecule has 1 aliphatic carbocycles. The number of aryl methyl sites for hydroxylation is 4. The number of hydrogen-bond acceptors (Lipinski definition) is 5. The van der Waals surface area contributed by atoms with Gasteiger partial charge in [-0.1, -0.05) is 12.1 Å². The van der Waals surface area contributed by atoms with Crippen molar-refractivity contribution < 1.29 is 9.53 Å². The zero-order chi connectivity index (χ0) is 22.9. The highest BCUT2D eigenvalue weighted by molar-refractivity contribution is 5.94. The van der Waals surface area contributed by atoms with E-state index in [2.05, 4.69) is 45.3 Å². The number of amides is 1. The van der Waals surface area contributed by atoms with Gasteiger partial charge in [0.1, 0.15) is 5.75 Å². The highest BCUT2D eigenvalue weighted by Crippen LogP contribution is 2.26. The first-order valence-corrected chi connectivity index (χ1v) is 11.7. The summed E-state index contributed by atoms with van der Waals surface area (Å²) in [5.41, 5.74) is 6.40. The maximum absolute atomic E-state index is 13.0. The lowest BCUT2D eigenvalue weighted by molar-refractivity contribution is 0.0943. The number of benzene rings is 1. The molecule has 3 heterocycles. The number of methoxy groups -OCH3 is 1. The lowest BCUT2D eigenvalue weighted by Crippen LogP contribution is -2.33. The number of rotatable bonds is 8. The predicted octanol–water partition coefficient (Wildman–Crippen LogP) is 2.63. The topological polar surface area (TPSA) is 77.2 Å². The molecular weight excluding hydrogens is 416 g/mol. The molecule has 0 saturated heterocycles. The van der Waals surface area contributed by atoms with Gasteiger partial charge in [0.25, 0.3) is 5.91 Å².